The molecule has 1 amide bonds. The van der Waals surface area contributed by atoms with Gasteiger partial charge in [-0.25, -0.2) is 8.42 Å². The molecule has 1 unspecified atom stereocenters. The van der Waals surface area contributed by atoms with E-state index in [0.29, 0.717) is 18.0 Å². The number of ether oxygens (including phenoxy) is 1. The minimum atomic E-state index is -3.52. The molecule has 1 fully saturated rings. The molecular formula is C13H19N3O4S. The van der Waals surface area contributed by atoms with Crippen LogP contribution < -0.4 is 15.8 Å². The molecule has 0 bridgehead atoms. The van der Waals surface area contributed by atoms with E-state index < -0.39 is 16.1 Å². The maximum absolute atomic E-state index is 12.2. The topological polar surface area (TPSA) is 102 Å². The predicted octanol–water partition coefficient (Wildman–Crippen LogP) is -0.202. The molecular weight excluding hydrogens is 294 g/mol. The van der Waals surface area contributed by atoms with Gasteiger partial charge in [0.15, 0.2) is 0 Å². The summed E-state index contributed by atoms with van der Waals surface area (Å²) in [5.41, 5.74) is 6.17. The predicted molar refractivity (Wildman–Crippen MR) is 79.3 cm³/mol. The van der Waals surface area contributed by atoms with Gasteiger partial charge in [0.25, 0.3) is 0 Å². The Kier molecular flexibility index (Phi) is 4.69. The summed E-state index contributed by atoms with van der Waals surface area (Å²) in [6, 6.07) is 6.04. The maximum Gasteiger partial charge on any atom is 0.238 e. The second-order valence-electron chi connectivity index (χ2n) is 4.81. The number of nitrogens with one attached hydrogen (secondary N) is 1. The van der Waals surface area contributed by atoms with Gasteiger partial charge in [0.05, 0.1) is 5.75 Å². The molecule has 116 valence electrons. The van der Waals surface area contributed by atoms with Crippen LogP contribution in [0.25, 0.3) is 0 Å². The quantitative estimate of drug-likeness (QED) is 0.733. The number of piperazine rings is 1. The Labute approximate surface area is 124 Å². The van der Waals surface area contributed by atoms with Crippen LogP contribution in [0.2, 0.25) is 0 Å². The van der Waals surface area contributed by atoms with Gasteiger partial charge in [-0.15, -0.1) is 0 Å². The Morgan fingerprint density at radius 1 is 1.38 bits per heavy atom. The highest BCUT2D eigenvalue weighted by Gasteiger charge is 2.34. The van der Waals surface area contributed by atoms with Gasteiger partial charge in [-0.2, -0.15) is 4.31 Å². The van der Waals surface area contributed by atoms with Crippen molar-refractivity contribution in [3.05, 3.63) is 24.3 Å². The third kappa shape index (κ3) is 3.85. The van der Waals surface area contributed by atoms with Crippen molar-refractivity contribution in [1.29, 1.82) is 0 Å². The lowest BCUT2D eigenvalue weighted by Crippen LogP contribution is -2.56. The van der Waals surface area contributed by atoms with E-state index in [4.69, 9.17) is 10.5 Å². The number of nitrogen functional groups attached to an aromatic ring is 1. The molecule has 1 saturated heterocycles. The summed E-state index contributed by atoms with van der Waals surface area (Å²) in [4.78, 5) is 11.5. The van der Waals surface area contributed by atoms with E-state index in [1.54, 1.807) is 31.2 Å². The summed E-state index contributed by atoms with van der Waals surface area (Å²) in [5, 5.41) is 2.63. The number of rotatable bonds is 5. The molecule has 1 aromatic carbocycles. The molecule has 8 heteroatoms. The summed E-state index contributed by atoms with van der Waals surface area (Å²) >= 11 is 0. The molecule has 0 radical (unpaired) electrons. The summed E-state index contributed by atoms with van der Waals surface area (Å²) in [6.07, 6.45) is 0. The van der Waals surface area contributed by atoms with Crippen LogP contribution in [0.5, 0.6) is 5.75 Å². The van der Waals surface area contributed by atoms with Crippen molar-refractivity contribution in [3.63, 3.8) is 0 Å². The molecule has 1 aliphatic heterocycles. The zero-order valence-corrected chi connectivity index (χ0v) is 12.6. The Morgan fingerprint density at radius 3 is 2.71 bits per heavy atom. The maximum atomic E-state index is 12.2. The lowest BCUT2D eigenvalue weighted by atomic mass is 10.2. The highest BCUT2D eigenvalue weighted by atomic mass is 32.2. The number of hydrogen-bond acceptors (Lipinski definition) is 5. The zero-order valence-electron chi connectivity index (χ0n) is 11.8. The Bertz CT molecular complexity index is 600. The SMILES string of the molecule is CC1C(=O)NCCN1S(=O)(=O)CCOc1ccc(N)cc1. The number of hydrogen-bond donors (Lipinski definition) is 2. The number of anilines is 1. The van der Waals surface area contributed by atoms with E-state index in [1.165, 1.54) is 4.31 Å². The second kappa shape index (κ2) is 6.31. The highest BCUT2D eigenvalue weighted by molar-refractivity contribution is 7.89. The van der Waals surface area contributed by atoms with Crippen LogP contribution in [0.3, 0.4) is 0 Å². The fourth-order valence-corrected chi connectivity index (χ4v) is 3.56. The van der Waals surface area contributed by atoms with Crippen LogP contribution in [0.15, 0.2) is 24.3 Å². The van der Waals surface area contributed by atoms with E-state index in [1.807, 2.05) is 0 Å². The van der Waals surface area contributed by atoms with E-state index in [9.17, 15) is 13.2 Å². The molecule has 0 saturated carbocycles. The number of nitrogens with two attached hydrogens (primary N) is 1. The number of carbonyl (C=O) groups is 1. The van der Waals surface area contributed by atoms with Crippen molar-refractivity contribution in [2.45, 2.75) is 13.0 Å². The highest BCUT2D eigenvalue weighted by Crippen LogP contribution is 2.14. The average molecular weight is 313 g/mol. The molecule has 1 heterocycles. The van der Waals surface area contributed by atoms with E-state index in [2.05, 4.69) is 5.32 Å². The molecule has 0 aliphatic carbocycles. The summed E-state index contributed by atoms with van der Waals surface area (Å²) in [6.45, 7) is 2.22. The van der Waals surface area contributed by atoms with Gasteiger partial charge in [-0.05, 0) is 31.2 Å². The first-order chi connectivity index (χ1) is 9.90. The minimum Gasteiger partial charge on any atom is -0.492 e. The second-order valence-corrected chi connectivity index (χ2v) is 6.85. The molecule has 1 aliphatic rings. The third-order valence-electron chi connectivity index (χ3n) is 3.29. The van der Waals surface area contributed by atoms with Crippen LogP contribution >= 0.6 is 0 Å². The van der Waals surface area contributed by atoms with E-state index >= 15 is 0 Å². The van der Waals surface area contributed by atoms with Crippen LogP contribution in [-0.4, -0.2) is 50.1 Å². The number of amides is 1. The molecule has 1 atom stereocenters. The molecule has 21 heavy (non-hydrogen) atoms. The normalized spacial score (nSPS) is 20.0. The van der Waals surface area contributed by atoms with Gasteiger partial charge in [0, 0.05) is 18.8 Å². The summed E-state index contributed by atoms with van der Waals surface area (Å²) < 4.78 is 31.1. The van der Waals surface area contributed by atoms with Gasteiger partial charge in [0.2, 0.25) is 15.9 Å². The Morgan fingerprint density at radius 2 is 2.05 bits per heavy atom. The van der Waals surface area contributed by atoms with E-state index in [0.717, 1.165) is 0 Å². The van der Waals surface area contributed by atoms with Crippen molar-refractivity contribution >= 4 is 21.6 Å². The minimum absolute atomic E-state index is 0.0249. The fraction of sp³-hybridized carbons (Fsp3) is 0.462. The van der Waals surface area contributed by atoms with Crippen LogP contribution in [0.4, 0.5) is 5.69 Å². The first-order valence-electron chi connectivity index (χ1n) is 6.66. The molecule has 0 spiro atoms. The zero-order chi connectivity index (χ0) is 15.5. The van der Waals surface area contributed by atoms with Crippen LogP contribution in [0.1, 0.15) is 6.92 Å². The first kappa shape index (κ1) is 15.6. The average Bonchev–Trinajstić information content (AvgIpc) is 2.44. The standard InChI is InChI=1S/C13H19N3O4S/c1-10-13(17)15-6-7-16(10)21(18,19)9-8-20-12-4-2-11(14)3-5-12/h2-5,10H,6-9,14H2,1H3,(H,15,17). The largest absolute Gasteiger partial charge is 0.492 e. The lowest BCUT2D eigenvalue weighted by molar-refractivity contribution is -0.126. The molecule has 2 rings (SSSR count). The van der Waals surface area contributed by atoms with Gasteiger partial charge in [-0.3, -0.25) is 4.79 Å². The van der Waals surface area contributed by atoms with Crippen molar-refractivity contribution in [1.82, 2.24) is 9.62 Å². The van der Waals surface area contributed by atoms with Crippen LogP contribution in [-0.2, 0) is 14.8 Å². The van der Waals surface area contributed by atoms with Crippen molar-refractivity contribution < 1.29 is 17.9 Å². The van der Waals surface area contributed by atoms with Gasteiger partial charge in [-0.1, -0.05) is 0 Å². The Hall–Kier alpha value is -1.80. The Balaban J connectivity index is 1.92. The van der Waals surface area contributed by atoms with Crippen molar-refractivity contribution in [3.8, 4) is 5.75 Å². The molecule has 1 aromatic rings. The number of sulfonamides is 1. The summed E-state index contributed by atoms with van der Waals surface area (Å²) in [5.74, 6) is 0.114. The van der Waals surface area contributed by atoms with Gasteiger partial charge >= 0.3 is 0 Å². The molecule has 3 N–H and O–H groups in total. The molecule has 7 nitrogen and oxygen atoms in total. The summed E-state index contributed by atoms with van der Waals surface area (Å²) in [7, 11) is -3.52. The fourth-order valence-electron chi connectivity index (χ4n) is 2.09. The lowest BCUT2D eigenvalue weighted by Gasteiger charge is -2.31. The molecule has 0 aromatic heterocycles. The van der Waals surface area contributed by atoms with Crippen molar-refractivity contribution in [2.24, 2.45) is 0 Å². The van der Waals surface area contributed by atoms with Gasteiger partial charge < -0.3 is 15.8 Å². The monoisotopic (exact) mass is 313 g/mol. The smallest absolute Gasteiger partial charge is 0.238 e. The number of nitrogens with zero attached hydrogens (tertiary/aromatic N) is 1. The van der Waals surface area contributed by atoms with Crippen molar-refractivity contribution in [2.75, 3.05) is 31.2 Å². The number of benzene rings is 1. The van der Waals surface area contributed by atoms with E-state index in [-0.39, 0.29) is 24.8 Å². The third-order valence-corrected chi connectivity index (χ3v) is 5.19. The number of carbonyl (C=O) groups excluding carboxylic acids is 1. The van der Waals surface area contributed by atoms with Crippen LogP contribution in [0, 0.1) is 0 Å². The van der Waals surface area contributed by atoms with Gasteiger partial charge in [0.1, 0.15) is 18.4 Å². The first-order valence-corrected chi connectivity index (χ1v) is 8.26.